The zero-order valence-electron chi connectivity index (χ0n) is 11.0. The highest BCUT2D eigenvalue weighted by Gasteiger charge is 2.20. The second kappa shape index (κ2) is 5.87. The SMILES string of the molecule is CCN(CC)CCOc1cccc2c1NC(=O)C2. The van der Waals surface area contributed by atoms with Crippen molar-refractivity contribution in [3.8, 4) is 5.75 Å². The van der Waals surface area contributed by atoms with Crippen molar-refractivity contribution < 1.29 is 9.53 Å². The number of carbonyl (C=O) groups excluding carboxylic acids is 1. The number of amides is 1. The topological polar surface area (TPSA) is 41.6 Å². The molecule has 98 valence electrons. The van der Waals surface area contributed by atoms with Crippen LogP contribution in [0.15, 0.2) is 18.2 Å². The van der Waals surface area contributed by atoms with Gasteiger partial charge in [-0.25, -0.2) is 0 Å². The Bertz CT molecular complexity index is 428. The van der Waals surface area contributed by atoms with Crippen LogP contribution in [-0.2, 0) is 11.2 Å². The van der Waals surface area contributed by atoms with Crippen molar-refractivity contribution in [2.75, 3.05) is 31.6 Å². The van der Waals surface area contributed by atoms with Crippen LogP contribution in [-0.4, -0.2) is 37.0 Å². The molecule has 1 amide bonds. The number of hydrogen-bond acceptors (Lipinski definition) is 3. The maximum Gasteiger partial charge on any atom is 0.228 e. The Morgan fingerprint density at radius 2 is 2.11 bits per heavy atom. The molecule has 0 radical (unpaired) electrons. The van der Waals surface area contributed by atoms with Gasteiger partial charge in [0.2, 0.25) is 5.91 Å². The summed E-state index contributed by atoms with van der Waals surface area (Å²) in [7, 11) is 0. The first-order valence-corrected chi connectivity index (χ1v) is 6.51. The number of nitrogens with one attached hydrogen (secondary N) is 1. The van der Waals surface area contributed by atoms with E-state index in [1.807, 2.05) is 18.2 Å². The van der Waals surface area contributed by atoms with E-state index in [9.17, 15) is 4.79 Å². The van der Waals surface area contributed by atoms with E-state index in [4.69, 9.17) is 4.74 Å². The molecule has 0 atom stereocenters. The van der Waals surface area contributed by atoms with Crippen LogP contribution >= 0.6 is 0 Å². The molecule has 1 aromatic rings. The van der Waals surface area contributed by atoms with Crippen LogP contribution in [0.25, 0.3) is 0 Å². The quantitative estimate of drug-likeness (QED) is 0.836. The second-order valence-electron chi connectivity index (χ2n) is 4.39. The van der Waals surface area contributed by atoms with E-state index in [2.05, 4.69) is 24.1 Å². The van der Waals surface area contributed by atoms with E-state index in [0.717, 1.165) is 36.6 Å². The van der Waals surface area contributed by atoms with Crippen LogP contribution in [0.1, 0.15) is 19.4 Å². The van der Waals surface area contributed by atoms with E-state index in [0.29, 0.717) is 13.0 Å². The summed E-state index contributed by atoms with van der Waals surface area (Å²) in [5, 5.41) is 2.85. The molecule has 0 saturated carbocycles. The summed E-state index contributed by atoms with van der Waals surface area (Å²) in [5.74, 6) is 0.829. The molecule has 1 aromatic carbocycles. The van der Waals surface area contributed by atoms with E-state index in [1.54, 1.807) is 0 Å². The third-order valence-corrected chi connectivity index (χ3v) is 3.29. The van der Waals surface area contributed by atoms with Gasteiger partial charge in [-0.3, -0.25) is 4.79 Å². The first kappa shape index (κ1) is 12.9. The molecule has 0 aromatic heterocycles. The van der Waals surface area contributed by atoms with Crippen LogP contribution in [0.3, 0.4) is 0 Å². The highest BCUT2D eigenvalue weighted by Crippen LogP contribution is 2.32. The molecule has 1 N–H and O–H groups in total. The standard InChI is InChI=1S/C14H20N2O2/c1-3-16(4-2)8-9-18-12-7-5-6-11-10-13(17)15-14(11)12/h5-7H,3-4,8-10H2,1-2H3,(H,15,17). The summed E-state index contributed by atoms with van der Waals surface area (Å²) in [5.41, 5.74) is 1.88. The smallest absolute Gasteiger partial charge is 0.228 e. The van der Waals surface area contributed by atoms with Gasteiger partial charge in [0, 0.05) is 6.54 Å². The maximum absolute atomic E-state index is 11.4. The lowest BCUT2D eigenvalue weighted by atomic mass is 10.1. The molecule has 0 bridgehead atoms. The molecular weight excluding hydrogens is 228 g/mol. The minimum Gasteiger partial charge on any atom is -0.490 e. The Morgan fingerprint density at radius 1 is 1.33 bits per heavy atom. The largest absolute Gasteiger partial charge is 0.490 e. The fourth-order valence-electron chi connectivity index (χ4n) is 2.17. The Hall–Kier alpha value is -1.55. The van der Waals surface area contributed by atoms with Crippen LogP contribution in [0.2, 0.25) is 0 Å². The minimum absolute atomic E-state index is 0.0461. The third-order valence-electron chi connectivity index (χ3n) is 3.29. The fraction of sp³-hybridized carbons (Fsp3) is 0.500. The van der Waals surface area contributed by atoms with Crippen LogP contribution < -0.4 is 10.1 Å². The van der Waals surface area contributed by atoms with Crippen molar-refractivity contribution in [2.24, 2.45) is 0 Å². The minimum atomic E-state index is 0.0461. The fourth-order valence-corrected chi connectivity index (χ4v) is 2.17. The van der Waals surface area contributed by atoms with Gasteiger partial charge in [0.1, 0.15) is 12.4 Å². The van der Waals surface area contributed by atoms with Gasteiger partial charge >= 0.3 is 0 Å². The molecular formula is C14H20N2O2. The summed E-state index contributed by atoms with van der Waals surface area (Å²) in [6.07, 6.45) is 0.461. The van der Waals surface area contributed by atoms with Crippen LogP contribution in [0, 0.1) is 0 Å². The Balaban J connectivity index is 1.95. The molecule has 4 nitrogen and oxygen atoms in total. The van der Waals surface area contributed by atoms with E-state index in [1.165, 1.54) is 0 Å². The lowest BCUT2D eigenvalue weighted by Crippen LogP contribution is -2.28. The number of carbonyl (C=O) groups is 1. The normalized spacial score (nSPS) is 13.6. The number of nitrogens with zero attached hydrogens (tertiary/aromatic N) is 1. The molecule has 2 rings (SSSR count). The first-order chi connectivity index (χ1) is 8.74. The summed E-state index contributed by atoms with van der Waals surface area (Å²) < 4.78 is 5.77. The average Bonchev–Trinajstić information content (AvgIpc) is 2.75. The first-order valence-electron chi connectivity index (χ1n) is 6.51. The van der Waals surface area contributed by atoms with Crippen molar-refractivity contribution in [1.82, 2.24) is 4.90 Å². The Labute approximate surface area is 108 Å². The van der Waals surface area contributed by atoms with Crippen molar-refractivity contribution >= 4 is 11.6 Å². The highest BCUT2D eigenvalue weighted by molar-refractivity contribution is 6.00. The van der Waals surface area contributed by atoms with Gasteiger partial charge in [-0.05, 0) is 24.7 Å². The zero-order valence-corrected chi connectivity index (χ0v) is 11.0. The van der Waals surface area contributed by atoms with Crippen molar-refractivity contribution in [3.05, 3.63) is 23.8 Å². The van der Waals surface area contributed by atoms with Gasteiger partial charge in [-0.1, -0.05) is 26.0 Å². The molecule has 0 saturated heterocycles. The predicted molar refractivity (Wildman–Crippen MR) is 72.1 cm³/mol. The average molecular weight is 248 g/mol. The van der Waals surface area contributed by atoms with Gasteiger partial charge in [-0.2, -0.15) is 0 Å². The lowest BCUT2D eigenvalue weighted by molar-refractivity contribution is -0.115. The molecule has 0 spiro atoms. The summed E-state index contributed by atoms with van der Waals surface area (Å²) in [6, 6.07) is 5.81. The molecule has 1 aliphatic heterocycles. The number of para-hydroxylation sites is 1. The number of ether oxygens (including phenoxy) is 1. The molecule has 1 aliphatic rings. The molecule has 0 aliphatic carbocycles. The van der Waals surface area contributed by atoms with Crippen molar-refractivity contribution in [3.63, 3.8) is 0 Å². The summed E-state index contributed by atoms with van der Waals surface area (Å²) in [6.45, 7) is 7.90. The van der Waals surface area contributed by atoms with E-state index in [-0.39, 0.29) is 5.91 Å². The Kier molecular flexibility index (Phi) is 4.20. The number of hydrogen-bond donors (Lipinski definition) is 1. The predicted octanol–water partition coefficient (Wildman–Crippen LogP) is 1.90. The van der Waals surface area contributed by atoms with Gasteiger partial charge in [0.25, 0.3) is 0 Å². The second-order valence-corrected chi connectivity index (χ2v) is 4.39. The van der Waals surface area contributed by atoms with Gasteiger partial charge in [0.05, 0.1) is 12.1 Å². The van der Waals surface area contributed by atoms with Crippen molar-refractivity contribution in [2.45, 2.75) is 20.3 Å². The zero-order chi connectivity index (χ0) is 13.0. The molecule has 1 heterocycles. The number of rotatable bonds is 6. The third kappa shape index (κ3) is 2.82. The summed E-state index contributed by atoms with van der Waals surface area (Å²) >= 11 is 0. The maximum atomic E-state index is 11.4. The van der Waals surface area contributed by atoms with Crippen LogP contribution in [0.5, 0.6) is 5.75 Å². The van der Waals surface area contributed by atoms with Gasteiger partial charge < -0.3 is 15.0 Å². The van der Waals surface area contributed by atoms with E-state index < -0.39 is 0 Å². The monoisotopic (exact) mass is 248 g/mol. The molecule has 18 heavy (non-hydrogen) atoms. The van der Waals surface area contributed by atoms with E-state index >= 15 is 0 Å². The molecule has 4 heteroatoms. The molecule has 0 unspecified atom stereocenters. The summed E-state index contributed by atoms with van der Waals surface area (Å²) in [4.78, 5) is 13.7. The Morgan fingerprint density at radius 3 is 2.83 bits per heavy atom. The number of benzene rings is 1. The van der Waals surface area contributed by atoms with Gasteiger partial charge in [-0.15, -0.1) is 0 Å². The lowest BCUT2D eigenvalue weighted by Gasteiger charge is -2.18. The van der Waals surface area contributed by atoms with Crippen LogP contribution in [0.4, 0.5) is 5.69 Å². The van der Waals surface area contributed by atoms with Gasteiger partial charge in [0.15, 0.2) is 0 Å². The van der Waals surface area contributed by atoms with Crippen molar-refractivity contribution in [1.29, 1.82) is 0 Å². The molecule has 0 fully saturated rings. The highest BCUT2D eigenvalue weighted by atomic mass is 16.5. The number of anilines is 1. The number of likely N-dealkylation sites (N-methyl/N-ethyl adjacent to an activating group) is 1. The number of fused-ring (bicyclic) bond motifs is 1.